The first kappa shape index (κ1) is 15.3. The Labute approximate surface area is 123 Å². The maximum Gasteiger partial charge on any atom is 0.121 e. The smallest absolute Gasteiger partial charge is 0.121 e. The van der Waals surface area contributed by atoms with Gasteiger partial charge in [-0.2, -0.15) is 0 Å². The summed E-state index contributed by atoms with van der Waals surface area (Å²) in [7, 11) is 3.95. The van der Waals surface area contributed by atoms with Gasteiger partial charge in [0, 0.05) is 18.6 Å². The Morgan fingerprint density at radius 3 is 2.55 bits per heavy atom. The molecule has 1 atom stereocenters. The maximum atomic E-state index is 6.06. The number of nitrogens with two attached hydrogens (primary N) is 1. The van der Waals surface area contributed by atoms with Crippen LogP contribution in [-0.2, 0) is 0 Å². The molecule has 1 aliphatic rings. The van der Waals surface area contributed by atoms with E-state index in [4.69, 9.17) is 10.5 Å². The molecule has 1 aliphatic carbocycles. The minimum absolute atomic E-state index is 0.308. The molecule has 0 bridgehead atoms. The Kier molecular flexibility index (Phi) is 5.44. The lowest BCUT2D eigenvalue weighted by Crippen LogP contribution is -2.39. The van der Waals surface area contributed by atoms with E-state index in [0.29, 0.717) is 18.6 Å². The van der Waals surface area contributed by atoms with E-state index in [0.717, 1.165) is 5.75 Å². The topological polar surface area (TPSA) is 38.5 Å². The SMILES string of the molecule is COc1ccc(C(CN)N(C)C2CCCCC2)cc1C. The molecule has 2 N–H and O–H groups in total. The zero-order valence-electron chi connectivity index (χ0n) is 13.1. The highest BCUT2D eigenvalue weighted by molar-refractivity contribution is 5.37. The van der Waals surface area contributed by atoms with E-state index >= 15 is 0 Å². The molecule has 0 aliphatic heterocycles. The van der Waals surface area contributed by atoms with E-state index in [1.807, 2.05) is 0 Å². The summed E-state index contributed by atoms with van der Waals surface area (Å²) in [6.45, 7) is 2.76. The van der Waals surface area contributed by atoms with Gasteiger partial charge in [0.2, 0.25) is 0 Å². The Morgan fingerprint density at radius 1 is 1.30 bits per heavy atom. The third-order valence-electron chi connectivity index (χ3n) is 4.67. The van der Waals surface area contributed by atoms with Gasteiger partial charge in [-0.05, 0) is 44.0 Å². The highest BCUT2D eigenvalue weighted by atomic mass is 16.5. The second-order valence-corrected chi connectivity index (χ2v) is 5.94. The molecule has 0 heterocycles. The molecule has 1 aromatic carbocycles. The molecular formula is C17H28N2O. The minimum atomic E-state index is 0.308. The third kappa shape index (κ3) is 3.33. The number of hydrogen-bond acceptors (Lipinski definition) is 3. The molecule has 0 saturated heterocycles. The van der Waals surface area contributed by atoms with Crippen molar-refractivity contribution in [1.82, 2.24) is 4.90 Å². The molecule has 20 heavy (non-hydrogen) atoms. The van der Waals surface area contributed by atoms with Crippen molar-refractivity contribution in [2.45, 2.75) is 51.1 Å². The fourth-order valence-electron chi connectivity index (χ4n) is 3.39. The van der Waals surface area contributed by atoms with Crippen LogP contribution in [0, 0.1) is 6.92 Å². The number of aryl methyl sites for hydroxylation is 1. The molecule has 3 heteroatoms. The van der Waals surface area contributed by atoms with Gasteiger partial charge in [-0.1, -0.05) is 31.4 Å². The normalized spacial score (nSPS) is 18.2. The summed E-state index contributed by atoms with van der Waals surface area (Å²) in [5, 5.41) is 0. The zero-order chi connectivity index (χ0) is 14.5. The Morgan fingerprint density at radius 2 is 2.00 bits per heavy atom. The van der Waals surface area contributed by atoms with Gasteiger partial charge in [0.05, 0.1) is 7.11 Å². The second kappa shape index (κ2) is 7.09. The lowest BCUT2D eigenvalue weighted by Gasteiger charge is -2.37. The molecule has 1 fully saturated rings. The average molecular weight is 276 g/mol. The van der Waals surface area contributed by atoms with Crippen molar-refractivity contribution < 1.29 is 4.74 Å². The molecule has 0 aromatic heterocycles. The van der Waals surface area contributed by atoms with Crippen LogP contribution in [0.15, 0.2) is 18.2 Å². The first-order valence-electron chi connectivity index (χ1n) is 7.74. The summed E-state index contributed by atoms with van der Waals surface area (Å²) < 4.78 is 5.35. The highest BCUT2D eigenvalue weighted by Crippen LogP contribution is 2.30. The Bertz CT molecular complexity index is 427. The van der Waals surface area contributed by atoms with Crippen molar-refractivity contribution in [3.63, 3.8) is 0 Å². The summed E-state index contributed by atoms with van der Waals surface area (Å²) >= 11 is 0. The second-order valence-electron chi connectivity index (χ2n) is 5.94. The molecule has 0 amide bonds. The van der Waals surface area contributed by atoms with Gasteiger partial charge >= 0.3 is 0 Å². The van der Waals surface area contributed by atoms with Crippen molar-refractivity contribution >= 4 is 0 Å². The quantitative estimate of drug-likeness (QED) is 0.897. The van der Waals surface area contributed by atoms with Crippen molar-refractivity contribution in [2.75, 3.05) is 20.7 Å². The Hall–Kier alpha value is -1.06. The van der Waals surface area contributed by atoms with Gasteiger partial charge in [0.15, 0.2) is 0 Å². The van der Waals surface area contributed by atoms with E-state index in [1.54, 1.807) is 7.11 Å². The van der Waals surface area contributed by atoms with E-state index in [9.17, 15) is 0 Å². The van der Waals surface area contributed by atoms with E-state index < -0.39 is 0 Å². The lowest BCUT2D eigenvalue weighted by molar-refractivity contribution is 0.140. The van der Waals surface area contributed by atoms with Crippen LogP contribution in [-0.4, -0.2) is 31.6 Å². The van der Waals surface area contributed by atoms with Crippen LogP contribution in [0.5, 0.6) is 5.75 Å². The van der Waals surface area contributed by atoms with Gasteiger partial charge in [0.25, 0.3) is 0 Å². The monoisotopic (exact) mass is 276 g/mol. The van der Waals surface area contributed by atoms with Crippen LogP contribution in [0.3, 0.4) is 0 Å². The fourth-order valence-corrected chi connectivity index (χ4v) is 3.39. The number of ether oxygens (including phenoxy) is 1. The van der Waals surface area contributed by atoms with Gasteiger partial charge < -0.3 is 10.5 Å². The predicted octanol–water partition coefficient (Wildman–Crippen LogP) is 3.27. The molecular weight excluding hydrogens is 248 g/mol. The fraction of sp³-hybridized carbons (Fsp3) is 0.647. The molecule has 2 rings (SSSR count). The van der Waals surface area contributed by atoms with Gasteiger partial charge in [-0.3, -0.25) is 4.90 Å². The number of rotatable bonds is 5. The van der Waals surface area contributed by atoms with Crippen LogP contribution in [0.2, 0.25) is 0 Å². The van der Waals surface area contributed by atoms with E-state index in [1.165, 1.54) is 43.2 Å². The first-order valence-corrected chi connectivity index (χ1v) is 7.74. The predicted molar refractivity (Wildman–Crippen MR) is 84.2 cm³/mol. The summed E-state index contributed by atoms with van der Waals surface area (Å²) in [5.74, 6) is 0.949. The van der Waals surface area contributed by atoms with Gasteiger partial charge in [-0.25, -0.2) is 0 Å². The van der Waals surface area contributed by atoms with Crippen LogP contribution >= 0.6 is 0 Å². The number of likely N-dealkylation sites (N-methyl/N-ethyl adjacent to an activating group) is 1. The standard InChI is InChI=1S/C17H28N2O/c1-13-11-14(9-10-17(13)20-3)16(12-18)19(2)15-7-5-4-6-8-15/h9-11,15-16H,4-8,12,18H2,1-3H3. The van der Waals surface area contributed by atoms with E-state index in [-0.39, 0.29) is 0 Å². The third-order valence-corrected chi connectivity index (χ3v) is 4.67. The summed E-state index contributed by atoms with van der Waals surface area (Å²) in [5.41, 5.74) is 8.55. The van der Waals surface area contributed by atoms with Crippen LogP contribution < -0.4 is 10.5 Å². The van der Waals surface area contributed by atoms with Crippen molar-refractivity contribution in [3.8, 4) is 5.75 Å². The summed E-state index contributed by atoms with van der Waals surface area (Å²) in [4.78, 5) is 2.49. The molecule has 0 radical (unpaired) electrons. The average Bonchev–Trinajstić information content (AvgIpc) is 2.49. The maximum absolute atomic E-state index is 6.06. The molecule has 3 nitrogen and oxygen atoms in total. The highest BCUT2D eigenvalue weighted by Gasteiger charge is 2.25. The zero-order valence-corrected chi connectivity index (χ0v) is 13.1. The number of methoxy groups -OCH3 is 1. The van der Waals surface area contributed by atoms with Crippen LogP contribution in [0.1, 0.15) is 49.3 Å². The van der Waals surface area contributed by atoms with Gasteiger partial charge in [0.1, 0.15) is 5.75 Å². The van der Waals surface area contributed by atoms with Crippen molar-refractivity contribution in [1.29, 1.82) is 0 Å². The Balaban J connectivity index is 2.16. The van der Waals surface area contributed by atoms with Gasteiger partial charge in [-0.15, -0.1) is 0 Å². The summed E-state index contributed by atoms with van der Waals surface area (Å²) in [6.07, 6.45) is 6.71. The molecule has 112 valence electrons. The molecule has 1 saturated carbocycles. The van der Waals surface area contributed by atoms with E-state index in [2.05, 4.69) is 37.1 Å². The van der Waals surface area contributed by atoms with Crippen LogP contribution in [0.25, 0.3) is 0 Å². The molecule has 0 spiro atoms. The lowest BCUT2D eigenvalue weighted by atomic mass is 9.92. The number of nitrogens with zero attached hydrogens (tertiary/aromatic N) is 1. The minimum Gasteiger partial charge on any atom is -0.496 e. The summed E-state index contributed by atoms with van der Waals surface area (Å²) in [6, 6.07) is 7.42. The molecule has 1 unspecified atom stereocenters. The first-order chi connectivity index (χ1) is 9.67. The van der Waals surface area contributed by atoms with Crippen molar-refractivity contribution in [3.05, 3.63) is 29.3 Å². The molecule has 1 aromatic rings. The number of benzene rings is 1. The van der Waals surface area contributed by atoms with Crippen LogP contribution in [0.4, 0.5) is 0 Å². The largest absolute Gasteiger partial charge is 0.496 e. The number of hydrogen-bond donors (Lipinski definition) is 1. The van der Waals surface area contributed by atoms with Crippen molar-refractivity contribution in [2.24, 2.45) is 5.73 Å².